The molecule has 5 nitrogen and oxygen atoms in total. The fourth-order valence-electron chi connectivity index (χ4n) is 2.27. The van der Waals surface area contributed by atoms with E-state index in [0.717, 1.165) is 22.1 Å². The quantitative estimate of drug-likeness (QED) is 0.740. The molecular formula is C15H14N4O. The minimum atomic E-state index is -0.203. The van der Waals surface area contributed by atoms with Crippen LogP contribution in [0.5, 0.6) is 0 Å². The molecule has 3 N–H and O–H groups in total. The van der Waals surface area contributed by atoms with Gasteiger partial charge in [-0.15, -0.1) is 0 Å². The number of nitrogens with two attached hydrogens (primary N) is 1. The van der Waals surface area contributed by atoms with Gasteiger partial charge in [-0.2, -0.15) is 5.10 Å². The minimum absolute atomic E-state index is 0.203. The number of fused-ring (bicyclic) bond motifs is 1. The molecule has 0 fully saturated rings. The third-order valence-corrected chi connectivity index (χ3v) is 3.27. The molecule has 100 valence electrons. The van der Waals surface area contributed by atoms with Gasteiger partial charge >= 0.3 is 0 Å². The van der Waals surface area contributed by atoms with Crippen molar-refractivity contribution in [2.75, 3.05) is 0 Å². The largest absolute Gasteiger partial charge is 0.325 e. The minimum Gasteiger partial charge on any atom is -0.325 e. The number of aromatic nitrogens is 3. The molecule has 20 heavy (non-hydrogen) atoms. The van der Waals surface area contributed by atoms with Crippen molar-refractivity contribution < 1.29 is 0 Å². The van der Waals surface area contributed by atoms with Gasteiger partial charge in [-0.3, -0.25) is 9.78 Å². The number of H-pyrrole nitrogens is 1. The van der Waals surface area contributed by atoms with Crippen LogP contribution < -0.4 is 11.3 Å². The predicted octanol–water partition coefficient (Wildman–Crippen LogP) is 1.75. The van der Waals surface area contributed by atoms with Gasteiger partial charge in [0.25, 0.3) is 5.56 Å². The van der Waals surface area contributed by atoms with E-state index in [1.165, 1.54) is 0 Å². The van der Waals surface area contributed by atoms with Gasteiger partial charge in [0.15, 0.2) is 0 Å². The summed E-state index contributed by atoms with van der Waals surface area (Å²) in [6.07, 6.45) is 3.61. The van der Waals surface area contributed by atoms with Crippen molar-refractivity contribution in [2.24, 2.45) is 5.73 Å². The van der Waals surface area contributed by atoms with Crippen LogP contribution in [0.1, 0.15) is 11.3 Å². The molecule has 0 aliphatic rings. The van der Waals surface area contributed by atoms with E-state index in [1.807, 2.05) is 25.3 Å². The number of aryl methyl sites for hydroxylation is 1. The smallest absolute Gasteiger partial charge is 0.272 e. The zero-order chi connectivity index (χ0) is 14.1. The number of benzene rings is 1. The number of aromatic amines is 1. The molecule has 0 atom stereocenters. The SMILES string of the molecule is Cc1cncc(-c2ccc3c(=O)[nH]nc(CN)c3c2)c1. The Kier molecular flexibility index (Phi) is 3.04. The molecule has 0 spiro atoms. The van der Waals surface area contributed by atoms with Crippen molar-refractivity contribution in [2.45, 2.75) is 13.5 Å². The highest BCUT2D eigenvalue weighted by atomic mass is 16.1. The summed E-state index contributed by atoms with van der Waals surface area (Å²) in [5.41, 5.74) is 9.26. The summed E-state index contributed by atoms with van der Waals surface area (Å²) in [7, 11) is 0. The maximum absolute atomic E-state index is 11.8. The van der Waals surface area contributed by atoms with Crippen LogP contribution in [0.25, 0.3) is 21.9 Å². The second-order valence-corrected chi connectivity index (χ2v) is 4.71. The highest BCUT2D eigenvalue weighted by molar-refractivity contribution is 5.88. The highest BCUT2D eigenvalue weighted by Gasteiger charge is 2.07. The maximum Gasteiger partial charge on any atom is 0.272 e. The number of nitrogens with zero attached hydrogens (tertiary/aromatic N) is 2. The van der Waals surface area contributed by atoms with Crippen LogP contribution in [-0.2, 0) is 6.54 Å². The molecule has 0 bridgehead atoms. The Balaban J connectivity index is 2.27. The van der Waals surface area contributed by atoms with E-state index in [2.05, 4.69) is 21.2 Å². The van der Waals surface area contributed by atoms with Gasteiger partial charge in [-0.05, 0) is 36.2 Å². The Labute approximate surface area is 115 Å². The lowest BCUT2D eigenvalue weighted by Gasteiger charge is -2.06. The Morgan fingerprint density at radius 2 is 2.00 bits per heavy atom. The summed E-state index contributed by atoms with van der Waals surface area (Å²) in [4.78, 5) is 16.0. The van der Waals surface area contributed by atoms with Gasteiger partial charge in [0.05, 0.1) is 11.1 Å². The molecule has 0 aliphatic carbocycles. The predicted molar refractivity (Wildman–Crippen MR) is 78.2 cm³/mol. The molecule has 0 saturated carbocycles. The maximum atomic E-state index is 11.8. The fraction of sp³-hybridized carbons (Fsp3) is 0.133. The Morgan fingerprint density at radius 3 is 2.75 bits per heavy atom. The average Bonchev–Trinajstić information content (AvgIpc) is 2.47. The molecule has 0 aliphatic heterocycles. The van der Waals surface area contributed by atoms with Gasteiger partial charge in [-0.25, -0.2) is 5.10 Å². The number of hydrogen-bond acceptors (Lipinski definition) is 4. The summed E-state index contributed by atoms with van der Waals surface area (Å²) in [5, 5.41) is 7.85. The molecule has 0 unspecified atom stereocenters. The Bertz CT molecular complexity index is 839. The Morgan fingerprint density at radius 1 is 1.15 bits per heavy atom. The van der Waals surface area contributed by atoms with Crippen LogP contribution in [0.15, 0.2) is 41.5 Å². The molecule has 3 rings (SSSR count). The van der Waals surface area contributed by atoms with E-state index in [-0.39, 0.29) is 12.1 Å². The lowest BCUT2D eigenvalue weighted by molar-refractivity contribution is 0.900. The van der Waals surface area contributed by atoms with Crippen LogP contribution in [0.3, 0.4) is 0 Å². The first-order chi connectivity index (χ1) is 9.69. The highest BCUT2D eigenvalue weighted by Crippen LogP contribution is 2.24. The molecule has 5 heteroatoms. The topological polar surface area (TPSA) is 84.7 Å². The second-order valence-electron chi connectivity index (χ2n) is 4.71. The van der Waals surface area contributed by atoms with Gasteiger partial charge < -0.3 is 5.73 Å². The summed E-state index contributed by atoms with van der Waals surface area (Å²) in [6, 6.07) is 7.70. The van der Waals surface area contributed by atoms with E-state index in [4.69, 9.17) is 5.73 Å². The van der Waals surface area contributed by atoms with Crippen molar-refractivity contribution in [1.29, 1.82) is 0 Å². The summed E-state index contributed by atoms with van der Waals surface area (Å²) in [6.45, 7) is 2.28. The van der Waals surface area contributed by atoms with Gasteiger partial charge in [0, 0.05) is 29.9 Å². The van der Waals surface area contributed by atoms with Crippen LogP contribution in [0.2, 0.25) is 0 Å². The number of hydrogen-bond donors (Lipinski definition) is 2. The van der Waals surface area contributed by atoms with Crippen LogP contribution >= 0.6 is 0 Å². The van der Waals surface area contributed by atoms with Crippen LogP contribution in [0.4, 0.5) is 0 Å². The molecule has 1 aromatic carbocycles. The van der Waals surface area contributed by atoms with Crippen LogP contribution in [-0.4, -0.2) is 15.2 Å². The van der Waals surface area contributed by atoms with Crippen molar-refractivity contribution in [1.82, 2.24) is 15.2 Å². The summed E-state index contributed by atoms with van der Waals surface area (Å²) < 4.78 is 0. The van der Waals surface area contributed by atoms with E-state index in [9.17, 15) is 4.79 Å². The summed E-state index contributed by atoms with van der Waals surface area (Å²) in [5.74, 6) is 0. The monoisotopic (exact) mass is 266 g/mol. The molecule has 0 saturated heterocycles. The number of pyridine rings is 1. The number of nitrogens with one attached hydrogen (secondary N) is 1. The van der Waals surface area contributed by atoms with Crippen molar-refractivity contribution >= 4 is 10.8 Å². The van der Waals surface area contributed by atoms with Gasteiger partial charge in [0.2, 0.25) is 0 Å². The molecular weight excluding hydrogens is 252 g/mol. The average molecular weight is 266 g/mol. The third kappa shape index (κ3) is 2.08. The fourth-order valence-corrected chi connectivity index (χ4v) is 2.27. The van der Waals surface area contributed by atoms with Crippen molar-refractivity contribution in [3.05, 3.63) is 58.3 Å². The first kappa shape index (κ1) is 12.5. The lowest BCUT2D eigenvalue weighted by Crippen LogP contribution is -2.13. The zero-order valence-electron chi connectivity index (χ0n) is 11.1. The standard InChI is InChI=1S/C15H14N4O/c1-9-4-11(8-17-7-9)10-2-3-12-13(5-10)14(6-16)18-19-15(12)20/h2-5,7-8H,6,16H2,1H3,(H,19,20). The molecule has 2 heterocycles. The molecule has 3 aromatic rings. The van der Waals surface area contributed by atoms with Gasteiger partial charge in [-0.1, -0.05) is 6.07 Å². The molecule has 0 amide bonds. The first-order valence-corrected chi connectivity index (χ1v) is 6.32. The lowest BCUT2D eigenvalue weighted by atomic mass is 10.0. The normalized spacial score (nSPS) is 10.9. The Hall–Kier alpha value is -2.53. The summed E-state index contributed by atoms with van der Waals surface area (Å²) >= 11 is 0. The van der Waals surface area contributed by atoms with E-state index < -0.39 is 0 Å². The van der Waals surface area contributed by atoms with E-state index in [0.29, 0.717) is 11.1 Å². The molecule has 0 radical (unpaired) electrons. The zero-order valence-corrected chi connectivity index (χ0v) is 11.1. The first-order valence-electron chi connectivity index (χ1n) is 6.32. The van der Waals surface area contributed by atoms with Gasteiger partial charge in [0.1, 0.15) is 0 Å². The molecule has 2 aromatic heterocycles. The third-order valence-electron chi connectivity index (χ3n) is 3.27. The van der Waals surface area contributed by atoms with E-state index >= 15 is 0 Å². The van der Waals surface area contributed by atoms with Crippen LogP contribution in [0, 0.1) is 6.92 Å². The number of rotatable bonds is 2. The van der Waals surface area contributed by atoms with Crippen molar-refractivity contribution in [3.63, 3.8) is 0 Å². The van der Waals surface area contributed by atoms with Crippen molar-refractivity contribution in [3.8, 4) is 11.1 Å². The van der Waals surface area contributed by atoms with E-state index in [1.54, 1.807) is 12.3 Å². The second kappa shape index (κ2) is 4.86.